The Kier molecular flexibility index (Phi) is 6.71. The van der Waals surface area contributed by atoms with Crippen LogP contribution < -0.4 is 0 Å². The Hall–Kier alpha value is -2.36. The van der Waals surface area contributed by atoms with Crippen LogP contribution in [0.3, 0.4) is 0 Å². The summed E-state index contributed by atoms with van der Waals surface area (Å²) >= 11 is 0. The van der Waals surface area contributed by atoms with E-state index in [-0.39, 0.29) is 11.5 Å². The SMILES string of the molecule is CC(CCN1CC=C(c2cccc3ccoc23)CC1)(c1ccccc1)C(O)C1CCCCC1. The number of hydrogen-bond donors (Lipinski definition) is 1. The molecule has 1 saturated carbocycles. The second-order valence-corrected chi connectivity index (χ2v) is 10.3. The van der Waals surface area contributed by atoms with E-state index in [0.717, 1.165) is 50.9 Å². The van der Waals surface area contributed by atoms with E-state index < -0.39 is 0 Å². The van der Waals surface area contributed by atoms with E-state index in [2.05, 4.69) is 66.4 Å². The van der Waals surface area contributed by atoms with Crippen molar-refractivity contribution < 1.29 is 9.52 Å². The second-order valence-electron chi connectivity index (χ2n) is 10.3. The van der Waals surface area contributed by atoms with Crippen molar-refractivity contribution in [1.29, 1.82) is 0 Å². The third-order valence-electron chi connectivity index (χ3n) is 8.25. The molecule has 1 aliphatic carbocycles. The predicted octanol–water partition coefficient (Wildman–Crippen LogP) is 6.81. The van der Waals surface area contributed by atoms with Gasteiger partial charge in [-0.3, -0.25) is 4.90 Å². The number of nitrogens with zero attached hydrogens (tertiary/aromatic N) is 1. The molecule has 2 aromatic carbocycles. The monoisotopic (exact) mass is 443 g/mol. The fraction of sp³-hybridized carbons (Fsp3) is 0.467. The summed E-state index contributed by atoms with van der Waals surface area (Å²) in [6, 6.07) is 19.2. The fourth-order valence-corrected chi connectivity index (χ4v) is 6.05. The van der Waals surface area contributed by atoms with Gasteiger partial charge in [-0.2, -0.15) is 0 Å². The van der Waals surface area contributed by atoms with Crippen molar-refractivity contribution in [2.75, 3.05) is 19.6 Å². The van der Waals surface area contributed by atoms with E-state index in [1.165, 1.54) is 41.3 Å². The molecule has 3 aromatic rings. The average molecular weight is 444 g/mol. The summed E-state index contributed by atoms with van der Waals surface area (Å²) in [5, 5.41) is 12.8. The number of furan rings is 1. The number of aliphatic hydroxyl groups is 1. The average Bonchev–Trinajstić information content (AvgIpc) is 3.37. The van der Waals surface area contributed by atoms with Crippen molar-refractivity contribution in [2.24, 2.45) is 5.92 Å². The molecule has 0 spiro atoms. The van der Waals surface area contributed by atoms with Crippen LogP contribution >= 0.6 is 0 Å². The van der Waals surface area contributed by atoms with Gasteiger partial charge in [-0.05, 0) is 55.3 Å². The molecule has 174 valence electrons. The molecule has 1 aliphatic heterocycles. The summed E-state index contributed by atoms with van der Waals surface area (Å²) < 4.78 is 5.77. The highest BCUT2D eigenvalue weighted by atomic mass is 16.3. The number of para-hydroxylation sites is 1. The van der Waals surface area contributed by atoms with Crippen molar-refractivity contribution in [3.05, 3.63) is 78.1 Å². The zero-order valence-electron chi connectivity index (χ0n) is 19.9. The van der Waals surface area contributed by atoms with Crippen LogP contribution in [0.15, 0.2) is 71.4 Å². The second kappa shape index (κ2) is 9.87. The molecule has 1 fully saturated rings. The van der Waals surface area contributed by atoms with Crippen molar-refractivity contribution in [3.63, 3.8) is 0 Å². The molecule has 0 amide bonds. The van der Waals surface area contributed by atoms with Gasteiger partial charge in [0.25, 0.3) is 0 Å². The number of fused-ring (bicyclic) bond motifs is 1. The van der Waals surface area contributed by atoms with Crippen LogP contribution in [0, 0.1) is 5.92 Å². The van der Waals surface area contributed by atoms with Gasteiger partial charge in [-0.15, -0.1) is 0 Å². The van der Waals surface area contributed by atoms with Crippen molar-refractivity contribution in [2.45, 2.75) is 63.4 Å². The summed E-state index contributed by atoms with van der Waals surface area (Å²) in [6.45, 7) is 5.30. The van der Waals surface area contributed by atoms with Crippen molar-refractivity contribution in [3.8, 4) is 0 Å². The standard InChI is InChI=1S/C30H37NO2/c1-30(26-12-6-3-7-13-26,29(32)25-9-4-2-5-10-25)18-21-31-19-15-23(16-20-31)27-14-8-11-24-17-22-33-28(24)27/h3,6-8,11-15,17,22,25,29,32H,2,4-5,9-10,16,18-21H2,1H3. The fourth-order valence-electron chi connectivity index (χ4n) is 6.05. The van der Waals surface area contributed by atoms with Crippen LogP contribution in [0.2, 0.25) is 0 Å². The maximum atomic E-state index is 11.6. The molecule has 0 radical (unpaired) electrons. The minimum Gasteiger partial charge on any atom is -0.464 e. The summed E-state index contributed by atoms with van der Waals surface area (Å²) in [7, 11) is 0. The van der Waals surface area contributed by atoms with Gasteiger partial charge >= 0.3 is 0 Å². The Morgan fingerprint density at radius 3 is 2.61 bits per heavy atom. The molecular weight excluding hydrogens is 406 g/mol. The highest BCUT2D eigenvalue weighted by molar-refractivity contribution is 5.89. The summed E-state index contributed by atoms with van der Waals surface area (Å²) in [4.78, 5) is 2.54. The highest BCUT2D eigenvalue weighted by Gasteiger charge is 2.39. The van der Waals surface area contributed by atoms with E-state index >= 15 is 0 Å². The van der Waals surface area contributed by atoms with Gasteiger partial charge in [0.05, 0.1) is 12.4 Å². The van der Waals surface area contributed by atoms with Crippen LogP contribution in [0.5, 0.6) is 0 Å². The Morgan fingerprint density at radius 2 is 1.85 bits per heavy atom. The van der Waals surface area contributed by atoms with Gasteiger partial charge in [0.15, 0.2) is 0 Å². The quantitative estimate of drug-likeness (QED) is 0.436. The Balaban J connectivity index is 1.29. The molecule has 0 bridgehead atoms. The van der Waals surface area contributed by atoms with Crippen LogP contribution in [0.1, 0.15) is 63.0 Å². The first-order valence-corrected chi connectivity index (χ1v) is 12.8. The Labute approximate surface area is 198 Å². The summed E-state index contributed by atoms with van der Waals surface area (Å²) in [6.07, 6.45) is 12.0. The molecule has 0 saturated heterocycles. The molecule has 2 atom stereocenters. The lowest BCUT2D eigenvalue weighted by Gasteiger charge is -2.42. The Morgan fingerprint density at radius 1 is 1.03 bits per heavy atom. The first-order chi connectivity index (χ1) is 16.1. The molecule has 3 heteroatoms. The zero-order valence-corrected chi connectivity index (χ0v) is 19.9. The maximum Gasteiger partial charge on any atom is 0.141 e. The van der Waals surface area contributed by atoms with Crippen LogP contribution in [0.25, 0.3) is 16.5 Å². The minimum atomic E-state index is -0.285. The van der Waals surface area contributed by atoms with Gasteiger partial charge in [0.2, 0.25) is 0 Å². The lowest BCUT2D eigenvalue weighted by Crippen LogP contribution is -2.45. The number of hydrogen-bond acceptors (Lipinski definition) is 3. The lowest BCUT2D eigenvalue weighted by molar-refractivity contribution is 0.0117. The molecule has 1 N–H and O–H groups in total. The molecular formula is C30H37NO2. The van der Waals surface area contributed by atoms with Crippen LogP contribution in [0.4, 0.5) is 0 Å². The number of benzene rings is 2. The van der Waals surface area contributed by atoms with Gasteiger partial charge in [0.1, 0.15) is 5.58 Å². The normalized spacial score (nSPS) is 21.0. The molecule has 1 aromatic heterocycles. The van der Waals surface area contributed by atoms with E-state index in [1.807, 2.05) is 6.07 Å². The summed E-state index contributed by atoms with van der Waals surface area (Å²) in [5.41, 5.74) is 4.69. The molecule has 5 rings (SSSR count). The van der Waals surface area contributed by atoms with Gasteiger partial charge in [0, 0.05) is 29.5 Å². The lowest BCUT2D eigenvalue weighted by atomic mass is 9.67. The van der Waals surface area contributed by atoms with E-state index in [4.69, 9.17) is 4.42 Å². The largest absolute Gasteiger partial charge is 0.464 e. The maximum absolute atomic E-state index is 11.6. The van der Waals surface area contributed by atoms with Gasteiger partial charge in [-0.1, -0.05) is 80.8 Å². The van der Waals surface area contributed by atoms with Crippen molar-refractivity contribution >= 4 is 16.5 Å². The number of rotatable bonds is 7. The van der Waals surface area contributed by atoms with E-state index in [0.29, 0.717) is 5.92 Å². The van der Waals surface area contributed by atoms with E-state index in [9.17, 15) is 5.11 Å². The van der Waals surface area contributed by atoms with Gasteiger partial charge < -0.3 is 9.52 Å². The summed E-state index contributed by atoms with van der Waals surface area (Å²) in [5.74, 6) is 0.422. The molecule has 2 aliphatic rings. The molecule has 2 heterocycles. The molecule has 33 heavy (non-hydrogen) atoms. The smallest absolute Gasteiger partial charge is 0.141 e. The third kappa shape index (κ3) is 4.67. The number of aliphatic hydroxyl groups excluding tert-OH is 1. The molecule has 3 nitrogen and oxygen atoms in total. The van der Waals surface area contributed by atoms with Crippen molar-refractivity contribution in [1.82, 2.24) is 4.90 Å². The van der Waals surface area contributed by atoms with Crippen LogP contribution in [-0.4, -0.2) is 35.7 Å². The first-order valence-electron chi connectivity index (χ1n) is 12.8. The van der Waals surface area contributed by atoms with E-state index in [1.54, 1.807) is 6.26 Å². The minimum absolute atomic E-state index is 0.215. The third-order valence-corrected chi connectivity index (χ3v) is 8.25. The van der Waals surface area contributed by atoms with Crippen LogP contribution in [-0.2, 0) is 5.41 Å². The predicted molar refractivity (Wildman–Crippen MR) is 136 cm³/mol. The first kappa shape index (κ1) is 22.4. The topological polar surface area (TPSA) is 36.6 Å². The van der Waals surface area contributed by atoms with Gasteiger partial charge in [-0.25, -0.2) is 0 Å². The zero-order chi connectivity index (χ0) is 22.7. The molecule has 2 unspecified atom stereocenters. The highest BCUT2D eigenvalue weighted by Crippen LogP contribution is 2.40. The Bertz CT molecular complexity index is 1080.